The molecule has 0 radical (unpaired) electrons. The molecule has 0 aliphatic carbocycles. The molecule has 6 nitrogen and oxygen atoms in total. The van der Waals surface area contributed by atoms with Crippen molar-refractivity contribution in [3.05, 3.63) is 48.6 Å². The van der Waals surface area contributed by atoms with Crippen molar-refractivity contribution in [2.24, 2.45) is 0 Å². The standard InChI is InChI=1S/C61H113NO5/c1-3-5-7-9-11-13-15-17-19-21-22-23-27-31-35-39-43-47-51-55-61(66)67-56-52-48-44-40-36-32-28-24-26-30-34-38-42-46-50-54-60(65)62-58(57-63)59(64)53-49-45-41-37-33-29-25-20-18-16-14-12-10-8-6-4-2/h11,13,17,19,24,28,32,36,58-59,63-64H,3-10,12,14-16,18,20-23,25-27,29-31,33-35,37-57H2,1-2H3,(H,62,65)/b13-11-,19-17-,28-24-,36-32-. The van der Waals surface area contributed by atoms with E-state index < -0.39 is 12.1 Å². The summed E-state index contributed by atoms with van der Waals surface area (Å²) in [6.07, 6.45) is 71.0. The molecule has 0 aromatic rings. The van der Waals surface area contributed by atoms with E-state index in [-0.39, 0.29) is 18.5 Å². The molecule has 0 rings (SSSR count). The Kier molecular flexibility index (Phi) is 54.6. The minimum absolute atomic E-state index is 0.0256. The van der Waals surface area contributed by atoms with Gasteiger partial charge in [0, 0.05) is 12.8 Å². The molecule has 0 aromatic heterocycles. The Bertz CT molecular complexity index is 1130. The summed E-state index contributed by atoms with van der Waals surface area (Å²) in [5.41, 5.74) is 0. The van der Waals surface area contributed by atoms with E-state index in [0.29, 0.717) is 25.9 Å². The lowest BCUT2D eigenvalue weighted by molar-refractivity contribution is -0.143. The monoisotopic (exact) mass is 940 g/mol. The lowest BCUT2D eigenvalue weighted by atomic mass is 10.0. The Labute approximate surface area is 416 Å². The van der Waals surface area contributed by atoms with E-state index in [1.807, 2.05) is 0 Å². The number of aliphatic hydroxyl groups is 2. The lowest BCUT2D eigenvalue weighted by Crippen LogP contribution is -2.45. The average molecular weight is 941 g/mol. The Morgan fingerprint density at radius 1 is 0.433 bits per heavy atom. The fourth-order valence-corrected chi connectivity index (χ4v) is 8.84. The maximum Gasteiger partial charge on any atom is 0.305 e. The van der Waals surface area contributed by atoms with Crippen LogP contribution in [0.5, 0.6) is 0 Å². The van der Waals surface area contributed by atoms with Gasteiger partial charge in [-0.25, -0.2) is 0 Å². The van der Waals surface area contributed by atoms with Crippen molar-refractivity contribution in [3.8, 4) is 0 Å². The van der Waals surface area contributed by atoms with Crippen LogP contribution in [0.4, 0.5) is 0 Å². The van der Waals surface area contributed by atoms with E-state index in [9.17, 15) is 19.8 Å². The molecule has 1 amide bonds. The van der Waals surface area contributed by atoms with Gasteiger partial charge in [0.2, 0.25) is 5.91 Å². The molecule has 0 aromatic carbocycles. The number of hydrogen-bond acceptors (Lipinski definition) is 5. The highest BCUT2D eigenvalue weighted by atomic mass is 16.5. The van der Waals surface area contributed by atoms with E-state index >= 15 is 0 Å². The number of rotatable bonds is 54. The number of hydrogen-bond donors (Lipinski definition) is 3. The van der Waals surface area contributed by atoms with Gasteiger partial charge in [-0.05, 0) is 89.9 Å². The number of aliphatic hydroxyl groups excluding tert-OH is 2. The van der Waals surface area contributed by atoms with Gasteiger partial charge in [0.1, 0.15) is 0 Å². The first-order valence-corrected chi connectivity index (χ1v) is 29.4. The van der Waals surface area contributed by atoms with Crippen molar-refractivity contribution in [2.75, 3.05) is 13.2 Å². The van der Waals surface area contributed by atoms with Gasteiger partial charge < -0.3 is 20.3 Å². The molecule has 0 saturated heterocycles. The molecule has 0 bridgehead atoms. The molecular weight excluding hydrogens is 827 g/mol. The summed E-state index contributed by atoms with van der Waals surface area (Å²) in [5, 5.41) is 23.3. The molecule has 2 atom stereocenters. The predicted octanol–water partition coefficient (Wildman–Crippen LogP) is 18.2. The van der Waals surface area contributed by atoms with Crippen molar-refractivity contribution >= 4 is 11.9 Å². The molecular formula is C61H113NO5. The van der Waals surface area contributed by atoms with Gasteiger partial charge in [0.25, 0.3) is 0 Å². The number of amides is 1. The Balaban J connectivity index is 3.51. The van der Waals surface area contributed by atoms with Gasteiger partial charge in [-0.2, -0.15) is 0 Å². The van der Waals surface area contributed by atoms with Gasteiger partial charge in [-0.1, -0.05) is 249 Å². The molecule has 0 spiro atoms. The summed E-state index contributed by atoms with van der Waals surface area (Å²) in [5.74, 6) is -0.0827. The molecule has 67 heavy (non-hydrogen) atoms. The summed E-state index contributed by atoms with van der Waals surface area (Å²) in [6, 6.07) is -0.559. The lowest BCUT2D eigenvalue weighted by Gasteiger charge is -2.22. The van der Waals surface area contributed by atoms with E-state index in [0.717, 1.165) is 83.5 Å². The number of unbranched alkanes of at least 4 members (excludes halogenated alkanes) is 36. The Hall–Kier alpha value is -2.18. The summed E-state index contributed by atoms with van der Waals surface area (Å²) >= 11 is 0. The van der Waals surface area contributed by atoms with Crippen molar-refractivity contribution in [1.29, 1.82) is 0 Å². The molecule has 0 saturated carbocycles. The van der Waals surface area contributed by atoms with Crippen LogP contribution in [0, 0.1) is 0 Å². The zero-order valence-electron chi connectivity index (χ0n) is 44.6. The predicted molar refractivity (Wildman–Crippen MR) is 292 cm³/mol. The van der Waals surface area contributed by atoms with Crippen molar-refractivity contribution < 1.29 is 24.5 Å². The van der Waals surface area contributed by atoms with Gasteiger partial charge in [-0.15, -0.1) is 0 Å². The second kappa shape index (κ2) is 56.4. The van der Waals surface area contributed by atoms with Crippen molar-refractivity contribution in [1.82, 2.24) is 5.32 Å². The third-order valence-electron chi connectivity index (χ3n) is 13.4. The zero-order valence-corrected chi connectivity index (χ0v) is 44.6. The third kappa shape index (κ3) is 53.0. The van der Waals surface area contributed by atoms with Crippen LogP contribution in [-0.2, 0) is 14.3 Å². The van der Waals surface area contributed by atoms with Crippen molar-refractivity contribution in [2.45, 2.75) is 315 Å². The van der Waals surface area contributed by atoms with Crippen LogP contribution < -0.4 is 5.32 Å². The van der Waals surface area contributed by atoms with Crippen LogP contribution >= 0.6 is 0 Å². The van der Waals surface area contributed by atoms with Crippen LogP contribution in [0.15, 0.2) is 48.6 Å². The molecule has 2 unspecified atom stereocenters. The van der Waals surface area contributed by atoms with E-state index in [2.05, 4.69) is 67.8 Å². The average Bonchev–Trinajstić information content (AvgIpc) is 3.33. The van der Waals surface area contributed by atoms with Gasteiger partial charge in [0.05, 0.1) is 25.4 Å². The minimum atomic E-state index is -0.680. The molecule has 392 valence electrons. The number of esters is 1. The second-order valence-corrected chi connectivity index (χ2v) is 20.0. The van der Waals surface area contributed by atoms with Crippen LogP contribution in [0.1, 0.15) is 303 Å². The first-order chi connectivity index (χ1) is 33.0. The highest BCUT2D eigenvalue weighted by Crippen LogP contribution is 2.17. The topological polar surface area (TPSA) is 95.9 Å². The van der Waals surface area contributed by atoms with E-state index in [4.69, 9.17) is 4.74 Å². The Morgan fingerprint density at radius 3 is 1.25 bits per heavy atom. The van der Waals surface area contributed by atoms with E-state index in [1.54, 1.807) is 0 Å². The van der Waals surface area contributed by atoms with Gasteiger partial charge in [0.15, 0.2) is 0 Å². The first kappa shape index (κ1) is 64.8. The van der Waals surface area contributed by atoms with E-state index in [1.165, 1.54) is 186 Å². The number of nitrogens with one attached hydrogen (secondary N) is 1. The van der Waals surface area contributed by atoms with Crippen LogP contribution in [0.25, 0.3) is 0 Å². The van der Waals surface area contributed by atoms with Crippen LogP contribution in [-0.4, -0.2) is 47.4 Å². The number of carbonyl (C=O) groups excluding carboxylic acids is 2. The van der Waals surface area contributed by atoms with Gasteiger partial charge in [-0.3, -0.25) is 9.59 Å². The molecule has 0 aliphatic rings. The number of ether oxygens (including phenoxy) is 1. The van der Waals surface area contributed by atoms with Gasteiger partial charge >= 0.3 is 5.97 Å². The largest absolute Gasteiger partial charge is 0.466 e. The molecule has 0 heterocycles. The fourth-order valence-electron chi connectivity index (χ4n) is 8.84. The highest BCUT2D eigenvalue weighted by molar-refractivity contribution is 5.76. The highest BCUT2D eigenvalue weighted by Gasteiger charge is 2.20. The molecule has 0 aliphatic heterocycles. The summed E-state index contributed by atoms with van der Waals surface area (Å²) in [6.45, 7) is 4.88. The SMILES string of the molecule is CCCCC/C=C\C/C=C\CCCCCCCCCCCC(=O)OCCCCC/C=C\C=C/CCCCCCCCC(=O)NC(CO)C(O)CCCCCCCCCCCCCCCCCC. The first-order valence-electron chi connectivity index (χ1n) is 29.4. The number of allylic oxidation sites excluding steroid dienone is 8. The second-order valence-electron chi connectivity index (χ2n) is 20.0. The molecule has 3 N–H and O–H groups in total. The maximum atomic E-state index is 12.5. The van der Waals surface area contributed by atoms with Crippen LogP contribution in [0.2, 0.25) is 0 Å². The summed E-state index contributed by atoms with van der Waals surface area (Å²) in [7, 11) is 0. The third-order valence-corrected chi connectivity index (χ3v) is 13.4. The quantitative estimate of drug-likeness (QED) is 0.0244. The molecule has 0 fully saturated rings. The Morgan fingerprint density at radius 2 is 0.791 bits per heavy atom. The fraction of sp³-hybridized carbons (Fsp3) is 0.836. The maximum absolute atomic E-state index is 12.5. The minimum Gasteiger partial charge on any atom is -0.466 e. The zero-order chi connectivity index (χ0) is 48.6. The van der Waals surface area contributed by atoms with Crippen molar-refractivity contribution in [3.63, 3.8) is 0 Å². The molecule has 6 heteroatoms. The number of carbonyl (C=O) groups is 2. The summed E-state index contributed by atoms with van der Waals surface area (Å²) < 4.78 is 5.46. The normalized spacial score (nSPS) is 13.0. The van der Waals surface area contributed by atoms with Crippen LogP contribution in [0.3, 0.4) is 0 Å². The smallest absolute Gasteiger partial charge is 0.305 e. The summed E-state index contributed by atoms with van der Waals surface area (Å²) in [4.78, 5) is 24.5.